The number of alkyl halides is 1. The second-order valence-electron chi connectivity index (χ2n) is 4.19. The fourth-order valence-corrected chi connectivity index (χ4v) is 2.33. The van der Waals surface area contributed by atoms with Crippen molar-refractivity contribution in [1.82, 2.24) is 4.98 Å². The van der Waals surface area contributed by atoms with E-state index < -0.39 is 0 Å². The monoisotopic (exact) mass is 327 g/mol. The third-order valence-corrected chi connectivity index (χ3v) is 3.38. The fraction of sp³-hybridized carbons (Fsp3) is 0.267. The lowest BCUT2D eigenvalue weighted by molar-refractivity contribution is 0.274. The molecule has 0 fully saturated rings. The van der Waals surface area contributed by atoms with Gasteiger partial charge in [-0.25, -0.2) is 4.98 Å². The molecule has 0 unspecified atom stereocenters. The predicted molar refractivity (Wildman–Crippen MR) is 82.7 cm³/mol. The third kappa shape index (κ3) is 3.71. The normalized spacial score (nSPS) is 10.3. The number of benzene rings is 1. The molecule has 112 valence electrons. The van der Waals surface area contributed by atoms with Crippen LogP contribution in [0.15, 0.2) is 30.5 Å². The smallest absolute Gasteiger partial charge is 0.219 e. The minimum absolute atomic E-state index is 0.274. The summed E-state index contributed by atoms with van der Waals surface area (Å²) in [4.78, 5) is 4.13. The zero-order chi connectivity index (χ0) is 15.2. The molecule has 0 radical (unpaired) electrons. The van der Waals surface area contributed by atoms with Gasteiger partial charge in [0.2, 0.25) is 5.88 Å². The summed E-state index contributed by atoms with van der Waals surface area (Å²) in [5.74, 6) is 1.91. The Hall–Kier alpha value is -1.65. The van der Waals surface area contributed by atoms with Gasteiger partial charge in [-0.15, -0.1) is 11.6 Å². The van der Waals surface area contributed by atoms with Crippen LogP contribution >= 0.6 is 23.2 Å². The zero-order valence-electron chi connectivity index (χ0n) is 11.7. The van der Waals surface area contributed by atoms with Crippen LogP contribution in [0.3, 0.4) is 0 Å². The van der Waals surface area contributed by atoms with Crippen molar-refractivity contribution in [2.45, 2.75) is 12.5 Å². The number of pyridine rings is 1. The molecule has 0 saturated carbocycles. The lowest BCUT2D eigenvalue weighted by Gasteiger charge is -2.15. The van der Waals surface area contributed by atoms with Gasteiger partial charge in [-0.2, -0.15) is 0 Å². The lowest BCUT2D eigenvalue weighted by atomic mass is 10.2. The number of halogens is 2. The summed E-state index contributed by atoms with van der Waals surface area (Å²) in [7, 11) is 3.13. The first kappa shape index (κ1) is 15.7. The number of aromatic nitrogens is 1. The number of hydrogen-bond donors (Lipinski definition) is 0. The standard InChI is InChI=1S/C15H15Cl2NO3/c1-19-13-7-12(17)6-11(8-16)14(13)21-9-10-4-3-5-18-15(10)20-2/h3-7H,8-9H2,1-2H3. The fourth-order valence-electron chi connectivity index (χ4n) is 1.91. The molecular formula is C15H15Cl2NO3. The predicted octanol–water partition coefficient (Wildman–Crippen LogP) is 4.07. The van der Waals surface area contributed by atoms with E-state index in [1.54, 1.807) is 32.5 Å². The van der Waals surface area contributed by atoms with E-state index in [0.717, 1.165) is 11.1 Å². The number of ether oxygens (including phenoxy) is 3. The summed E-state index contributed by atoms with van der Waals surface area (Å²) in [6, 6.07) is 7.15. The van der Waals surface area contributed by atoms with E-state index in [2.05, 4.69) is 4.98 Å². The van der Waals surface area contributed by atoms with Gasteiger partial charge in [0.25, 0.3) is 0 Å². The number of hydrogen-bond acceptors (Lipinski definition) is 4. The first-order valence-electron chi connectivity index (χ1n) is 6.22. The van der Waals surface area contributed by atoms with E-state index in [4.69, 9.17) is 37.4 Å². The van der Waals surface area contributed by atoms with Crippen LogP contribution in [-0.2, 0) is 12.5 Å². The summed E-state index contributed by atoms with van der Waals surface area (Å²) in [6.45, 7) is 0.291. The Balaban J connectivity index is 2.27. The maximum atomic E-state index is 6.02. The van der Waals surface area contributed by atoms with E-state index >= 15 is 0 Å². The van der Waals surface area contributed by atoms with E-state index in [1.165, 1.54) is 0 Å². The Morgan fingerprint density at radius 3 is 2.62 bits per heavy atom. The van der Waals surface area contributed by atoms with Crippen molar-refractivity contribution >= 4 is 23.2 Å². The zero-order valence-corrected chi connectivity index (χ0v) is 13.2. The van der Waals surface area contributed by atoms with Crippen LogP contribution in [0.5, 0.6) is 17.4 Å². The molecule has 0 N–H and O–H groups in total. The quantitative estimate of drug-likeness (QED) is 0.750. The van der Waals surface area contributed by atoms with Crippen LogP contribution in [0, 0.1) is 0 Å². The van der Waals surface area contributed by atoms with Crippen molar-refractivity contribution in [1.29, 1.82) is 0 Å². The summed E-state index contributed by atoms with van der Waals surface area (Å²) in [6.07, 6.45) is 1.66. The van der Waals surface area contributed by atoms with Gasteiger partial charge in [0.1, 0.15) is 6.61 Å². The van der Waals surface area contributed by atoms with Gasteiger partial charge in [-0.1, -0.05) is 11.6 Å². The van der Waals surface area contributed by atoms with Crippen molar-refractivity contribution in [3.8, 4) is 17.4 Å². The topological polar surface area (TPSA) is 40.6 Å². The van der Waals surface area contributed by atoms with Crippen molar-refractivity contribution < 1.29 is 14.2 Å². The van der Waals surface area contributed by atoms with E-state index in [9.17, 15) is 0 Å². The Labute approximate surface area is 133 Å². The highest BCUT2D eigenvalue weighted by molar-refractivity contribution is 6.31. The van der Waals surface area contributed by atoms with Crippen molar-refractivity contribution in [2.75, 3.05) is 14.2 Å². The molecule has 6 heteroatoms. The molecule has 2 aromatic rings. The van der Waals surface area contributed by atoms with Crippen LogP contribution in [0.1, 0.15) is 11.1 Å². The molecule has 0 bridgehead atoms. The molecule has 1 heterocycles. The van der Waals surface area contributed by atoms with E-state index in [-0.39, 0.29) is 5.88 Å². The number of nitrogens with zero attached hydrogens (tertiary/aromatic N) is 1. The van der Waals surface area contributed by atoms with Gasteiger partial charge < -0.3 is 14.2 Å². The molecule has 0 aliphatic carbocycles. The van der Waals surface area contributed by atoms with Crippen molar-refractivity contribution in [3.05, 3.63) is 46.6 Å². The number of methoxy groups -OCH3 is 2. The highest BCUT2D eigenvalue weighted by atomic mass is 35.5. The van der Waals surface area contributed by atoms with Gasteiger partial charge in [-0.3, -0.25) is 0 Å². The third-order valence-electron chi connectivity index (χ3n) is 2.88. The molecule has 0 spiro atoms. The SMILES string of the molecule is COc1cc(Cl)cc(CCl)c1OCc1cccnc1OC. The summed E-state index contributed by atoms with van der Waals surface area (Å²) in [5.41, 5.74) is 1.60. The second kappa shape index (κ2) is 7.38. The highest BCUT2D eigenvalue weighted by Gasteiger charge is 2.14. The van der Waals surface area contributed by atoms with Crippen molar-refractivity contribution in [3.63, 3.8) is 0 Å². The minimum atomic E-state index is 0.274. The maximum absolute atomic E-state index is 6.02. The van der Waals surface area contributed by atoms with Gasteiger partial charge in [-0.05, 0) is 18.2 Å². The van der Waals surface area contributed by atoms with Gasteiger partial charge in [0.15, 0.2) is 11.5 Å². The molecule has 1 aromatic carbocycles. The first-order chi connectivity index (χ1) is 10.2. The first-order valence-corrected chi connectivity index (χ1v) is 7.14. The summed E-state index contributed by atoms with van der Waals surface area (Å²) in [5, 5.41) is 0.550. The molecule has 4 nitrogen and oxygen atoms in total. The average molecular weight is 328 g/mol. The van der Waals surface area contributed by atoms with Crippen LogP contribution in [0.2, 0.25) is 5.02 Å². The van der Waals surface area contributed by atoms with Crippen LogP contribution in [-0.4, -0.2) is 19.2 Å². The molecule has 21 heavy (non-hydrogen) atoms. The maximum Gasteiger partial charge on any atom is 0.219 e. The van der Waals surface area contributed by atoms with E-state index in [0.29, 0.717) is 29.0 Å². The van der Waals surface area contributed by atoms with Gasteiger partial charge in [0.05, 0.1) is 25.7 Å². The van der Waals surface area contributed by atoms with Gasteiger partial charge in [0, 0.05) is 22.8 Å². The summed E-state index contributed by atoms with van der Waals surface area (Å²) >= 11 is 12.0. The molecule has 0 aliphatic rings. The summed E-state index contributed by atoms with van der Waals surface area (Å²) < 4.78 is 16.3. The molecule has 0 amide bonds. The van der Waals surface area contributed by atoms with E-state index in [1.807, 2.05) is 12.1 Å². The second-order valence-corrected chi connectivity index (χ2v) is 4.89. The molecule has 2 rings (SSSR count). The largest absolute Gasteiger partial charge is 0.493 e. The van der Waals surface area contributed by atoms with Crippen LogP contribution < -0.4 is 14.2 Å². The van der Waals surface area contributed by atoms with Gasteiger partial charge >= 0.3 is 0 Å². The molecule has 1 aromatic heterocycles. The average Bonchev–Trinajstić information content (AvgIpc) is 2.52. The van der Waals surface area contributed by atoms with Crippen LogP contribution in [0.25, 0.3) is 0 Å². The highest BCUT2D eigenvalue weighted by Crippen LogP contribution is 2.36. The Morgan fingerprint density at radius 1 is 1.14 bits per heavy atom. The molecule has 0 aliphatic heterocycles. The molecule has 0 atom stereocenters. The molecular weight excluding hydrogens is 313 g/mol. The Morgan fingerprint density at radius 2 is 1.95 bits per heavy atom. The molecule has 0 saturated heterocycles. The minimum Gasteiger partial charge on any atom is -0.493 e. The van der Waals surface area contributed by atoms with Crippen molar-refractivity contribution in [2.24, 2.45) is 0 Å². The Kier molecular flexibility index (Phi) is 5.53. The number of rotatable bonds is 6. The van der Waals surface area contributed by atoms with Crippen LogP contribution in [0.4, 0.5) is 0 Å². The lowest BCUT2D eigenvalue weighted by Crippen LogP contribution is -2.03. The Bertz CT molecular complexity index is 595.